The molecule has 0 spiro atoms. The van der Waals surface area contributed by atoms with Gasteiger partial charge in [0.1, 0.15) is 29.9 Å². The zero-order chi connectivity index (χ0) is 43.9. The summed E-state index contributed by atoms with van der Waals surface area (Å²) in [5.74, 6) is -3.46. The van der Waals surface area contributed by atoms with E-state index >= 15 is 0 Å². The minimum absolute atomic E-state index is 0.113. The van der Waals surface area contributed by atoms with E-state index in [4.69, 9.17) is 35.3 Å². The van der Waals surface area contributed by atoms with Gasteiger partial charge in [0.05, 0.1) is 21.1 Å². The number of ether oxygens (including phenoxy) is 5. The van der Waals surface area contributed by atoms with Crippen LogP contribution in [0.15, 0.2) is 60.7 Å². The van der Waals surface area contributed by atoms with Crippen molar-refractivity contribution >= 4 is 53.0 Å². The molecule has 3 aromatic rings. The lowest BCUT2D eigenvalue weighted by Gasteiger charge is -2.27. The summed E-state index contributed by atoms with van der Waals surface area (Å²) in [7, 11) is 0. The van der Waals surface area contributed by atoms with Crippen LogP contribution in [0.4, 0.5) is 15.3 Å². The minimum atomic E-state index is -0.995. The van der Waals surface area contributed by atoms with Crippen molar-refractivity contribution in [2.75, 3.05) is 26.3 Å². The highest BCUT2D eigenvalue weighted by Crippen LogP contribution is 2.46. The van der Waals surface area contributed by atoms with E-state index < -0.39 is 88.6 Å². The first-order chi connectivity index (χ1) is 28.2. The third-order valence-corrected chi connectivity index (χ3v) is 9.71. The Morgan fingerprint density at radius 3 is 1.73 bits per heavy atom. The molecule has 0 aliphatic carbocycles. The number of halogens is 1. The number of ketones is 2. The monoisotopic (exact) mass is 849 g/mol. The molecule has 0 saturated carbocycles. The number of benzene rings is 3. The lowest BCUT2D eigenvalue weighted by Crippen LogP contribution is -2.44. The normalized spacial score (nSPS) is 16.5. The number of nitrogens with zero attached hydrogens (tertiary/aromatic N) is 3. The van der Waals surface area contributed by atoms with E-state index in [0.717, 1.165) is 0 Å². The highest BCUT2D eigenvalue weighted by molar-refractivity contribution is 6.34. The fraction of sp³-hybridized carbons (Fsp3) is 0.442. The number of hydrogen-bond acceptors (Lipinski definition) is 13. The van der Waals surface area contributed by atoms with E-state index in [1.165, 1.54) is 40.1 Å². The van der Waals surface area contributed by atoms with Gasteiger partial charge in [-0.2, -0.15) is 0 Å². The van der Waals surface area contributed by atoms with Crippen molar-refractivity contribution in [2.24, 2.45) is 0 Å². The van der Waals surface area contributed by atoms with Crippen molar-refractivity contribution in [3.8, 4) is 16.9 Å². The van der Waals surface area contributed by atoms with Crippen molar-refractivity contribution in [1.29, 1.82) is 0 Å². The highest BCUT2D eigenvalue weighted by atomic mass is 35.5. The van der Waals surface area contributed by atoms with Gasteiger partial charge in [-0.3, -0.25) is 29.5 Å². The van der Waals surface area contributed by atoms with Gasteiger partial charge in [-0.1, -0.05) is 66.2 Å². The van der Waals surface area contributed by atoms with E-state index in [1.54, 1.807) is 71.9 Å². The third kappa shape index (κ3) is 11.4. The molecule has 2 heterocycles. The molecule has 0 aromatic heterocycles. The summed E-state index contributed by atoms with van der Waals surface area (Å²) in [5.41, 5.74) is -1.73. The lowest BCUT2D eigenvalue weighted by atomic mass is 9.97. The Morgan fingerprint density at radius 2 is 1.25 bits per heavy atom. The number of rotatable bonds is 13. The molecule has 0 unspecified atom stereocenters. The third-order valence-electron chi connectivity index (χ3n) is 9.41. The molecule has 3 aromatic carbocycles. The van der Waals surface area contributed by atoms with Gasteiger partial charge in [-0.25, -0.2) is 19.2 Å². The lowest BCUT2D eigenvalue weighted by molar-refractivity contribution is -0.385. The first-order valence-electron chi connectivity index (χ1n) is 19.4. The molecule has 320 valence electrons. The van der Waals surface area contributed by atoms with E-state index in [1.807, 2.05) is 0 Å². The molecule has 17 heteroatoms. The maximum Gasteiger partial charge on any atom is 0.411 e. The number of likely N-dealkylation sites (tertiary alicyclic amines) is 2. The molecule has 2 saturated heterocycles. The maximum absolute atomic E-state index is 13.8. The Kier molecular flexibility index (Phi) is 14.2. The molecule has 2 aliphatic heterocycles. The SMILES string of the molecule is CC(C)(C)OC(=O)N1CCC[C@H]1C(=O)OCC(=O)c1ccc(-c2c(Cl)cc(C(=O)COC(=O)[C@@H]3CCCN3C(=O)OC(C)(C)C)c(OCc3ccccc3)c2[N+](=O)[O-])cc1. The fourth-order valence-corrected chi connectivity index (χ4v) is 7.01. The van der Waals surface area contributed by atoms with Crippen molar-refractivity contribution in [3.63, 3.8) is 0 Å². The van der Waals surface area contributed by atoms with Crippen LogP contribution in [0.5, 0.6) is 5.75 Å². The van der Waals surface area contributed by atoms with Gasteiger partial charge in [0.2, 0.25) is 11.5 Å². The summed E-state index contributed by atoms with van der Waals surface area (Å²) < 4.78 is 27.5. The highest BCUT2D eigenvalue weighted by Gasteiger charge is 2.40. The number of nitro groups is 1. The first-order valence-corrected chi connectivity index (χ1v) is 19.8. The molecular weight excluding hydrogens is 802 g/mol. The topological polar surface area (TPSA) is 198 Å². The van der Waals surface area contributed by atoms with E-state index in [9.17, 15) is 38.9 Å². The number of amides is 2. The molecule has 60 heavy (non-hydrogen) atoms. The molecular formula is C43H48ClN3O13. The van der Waals surface area contributed by atoms with Gasteiger partial charge in [-0.15, -0.1) is 0 Å². The maximum atomic E-state index is 13.8. The van der Waals surface area contributed by atoms with Crippen LogP contribution in [0.25, 0.3) is 11.1 Å². The first kappa shape index (κ1) is 45.1. The number of carbonyl (C=O) groups is 6. The number of esters is 2. The summed E-state index contributed by atoms with van der Waals surface area (Å²) in [5, 5.41) is 12.6. The molecule has 0 bridgehead atoms. The quantitative estimate of drug-likeness (QED) is 0.0532. The van der Waals surface area contributed by atoms with Crippen molar-refractivity contribution in [1.82, 2.24) is 9.80 Å². The summed E-state index contributed by atoms with van der Waals surface area (Å²) in [6.07, 6.45) is 0.347. The Bertz CT molecular complexity index is 2130. The van der Waals surface area contributed by atoms with Gasteiger partial charge in [0, 0.05) is 18.7 Å². The van der Waals surface area contributed by atoms with Crippen LogP contribution in [0, 0.1) is 10.1 Å². The van der Waals surface area contributed by atoms with Crippen molar-refractivity contribution in [2.45, 2.75) is 97.1 Å². The Balaban J connectivity index is 1.36. The van der Waals surface area contributed by atoms with Crippen molar-refractivity contribution < 1.29 is 57.4 Å². The molecule has 0 N–H and O–H groups in total. The van der Waals surface area contributed by atoms with Crippen LogP contribution in [-0.2, 0) is 35.1 Å². The van der Waals surface area contributed by atoms with Crippen LogP contribution in [0.1, 0.15) is 93.5 Å². The molecule has 16 nitrogen and oxygen atoms in total. The zero-order valence-corrected chi connectivity index (χ0v) is 35.1. The number of Topliss-reactive ketones (excluding diaryl/α,β-unsaturated/α-hetero) is 2. The Hall–Kier alpha value is -6.03. The zero-order valence-electron chi connectivity index (χ0n) is 34.3. The second kappa shape index (κ2) is 18.9. The molecule has 2 atom stereocenters. The number of carbonyl (C=O) groups excluding carboxylic acids is 6. The van der Waals surface area contributed by atoms with Crippen LogP contribution in [-0.4, -0.2) is 100 Å². The van der Waals surface area contributed by atoms with Crippen molar-refractivity contribution in [3.05, 3.63) is 92.5 Å². The fourth-order valence-electron chi connectivity index (χ4n) is 6.70. The van der Waals surface area contributed by atoms with Crippen LogP contribution in [0.3, 0.4) is 0 Å². The van der Waals surface area contributed by atoms with Crippen LogP contribution in [0.2, 0.25) is 5.02 Å². The predicted octanol–water partition coefficient (Wildman–Crippen LogP) is 7.75. The summed E-state index contributed by atoms with van der Waals surface area (Å²) >= 11 is 6.70. The predicted molar refractivity (Wildman–Crippen MR) is 217 cm³/mol. The molecule has 0 radical (unpaired) electrons. The standard InChI is InChI=1S/C43H48ClN3O13/c1-42(2,3)59-40(52)45-20-10-14-31(45)38(50)57-24-33(48)27-16-18-28(19-17-27)35-30(44)22-29(37(36(35)47(54)55)56-23-26-12-8-7-9-13-26)34(49)25-58-39(51)32-15-11-21-46(32)41(53)60-43(4,5)6/h7-9,12-13,16-19,22,31-32H,10-11,14-15,20-21,23-25H2,1-6H3/t31-,32-/m0/s1. The van der Waals surface area contributed by atoms with E-state index in [0.29, 0.717) is 31.4 Å². The summed E-state index contributed by atoms with van der Waals surface area (Å²) in [4.78, 5) is 93.0. The van der Waals surface area contributed by atoms with E-state index in [2.05, 4.69) is 0 Å². The summed E-state index contributed by atoms with van der Waals surface area (Å²) in [6.45, 7) is 9.12. The molecule has 2 fully saturated rings. The Morgan fingerprint density at radius 1 is 0.750 bits per heavy atom. The van der Waals surface area contributed by atoms with Gasteiger partial charge in [0.15, 0.2) is 19.0 Å². The summed E-state index contributed by atoms with van der Waals surface area (Å²) in [6, 6.07) is 13.6. The molecule has 2 aliphatic rings. The largest absolute Gasteiger partial charge is 0.481 e. The number of hydrogen-bond donors (Lipinski definition) is 0. The Labute approximate surface area is 352 Å². The van der Waals surface area contributed by atoms with Gasteiger partial charge >= 0.3 is 29.8 Å². The minimum Gasteiger partial charge on any atom is -0.481 e. The smallest absolute Gasteiger partial charge is 0.411 e. The second-order valence-corrected chi connectivity index (χ2v) is 16.7. The molecule has 2 amide bonds. The van der Waals surface area contributed by atoms with Gasteiger partial charge in [0.25, 0.3) is 0 Å². The van der Waals surface area contributed by atoms with E-state index in [-0.39, 0.29) is 46.8 Å². The number of nitro benzene ring substituents is 1. The average Bonchev–Trinajstić information content (AvgIpc) is 3.89. The molecule has 5 rings (SSSR count). The van der Waals surface area contributed by atoms with Crippen LogP contribution < -0.4 is 4.74 Å². The van der Waals surface area contributed by atoms with Gasteiger partial charge < -0.3 is 23.7 Å². The van der Waals surface area contributed by atoms with Crippen LogP contribution >= 0.6 is 11.6 Å². The van der Waals surface area contributed by atoms with Gasteiger partial charge in [-0.05, 0) is 84.4 Å². The second-order valence-electron chi connectivity index (χ2n) is 16.3. The average molecular weight is 850 g/mol.